The number of carbonyl (C=O) groups excluding carboxylic acids is 1. The van der Waals surface area contributed by atoms with Gasteiger partial charge in [-0.25, -0.2) is 0 Å². The molecule has 0 spiro atoms. The van der Waals surface area contributed by atoms with Crippen LogP contribution < -0.4 is 4.90 Å². The molecule has 1 saturated heterocycles. The van der Waals surface area contributed by atoms with Crippen LogP contribution in [-0.2, 0) is 9.59 Å². The third-order valence-electron chi connectivity index (χ3n) is 4.60. The maximum absolute atomic E-state index is 12.5. The predicted molar refractivity (Wildman–Crippen MR) is 125 cm³/mol. The number of thioether (sulfide) groups is 2. The number of carboxylic acid groups (broad SMARTS) is 1. The van der Waals surface area contributed by atoms with Gasteiger partial charge in [-0.2, -0.15) is 0 Å². The number of para-hydroxylation sites is 1. The second-order valence-corrected chi connectivity index (χ2v) is 8.90. The summed E-state index contributed by atoms with van der Waals surface area (Å²) in [6.45, 7) is 12.5. The van der Waals surface area contributed by atoms with Crippen LogP contribution in [0.4, 0.5) is 5.69 Å². The summed E-state index contributed by atoms with van der Waals surface area (Å²) >= 11 is 7.85. The Morgan fingerprint density at radius 1 is 1.07 bits per heavy atom. The van der Waals surface area contributed by atoms with E-state index in [2.05, 4.69) is 30.6 Å². The van der Waals surface area contributed by atoms with Gasteiger partial charge in [-0.05, 0) is 38.7 Å². The Morgan fingerprint density at radius 2 is 1.69 bits per heavy atom. The number of fused-ring (bicyclic) bond motifs is 1. The van der Waals surface area contributed by atoms with Crippen molar-refractivity contribution in [2.45, 2.75) is 32.6 Å². The monoisotopic (exact) mass is 453 g/mol. The highest BCUT2D eigenvalue weighted by Gasteiger charge is 2.39. The largest absolute Gasteiger partial charge is 0.480 e. The van der Waals surface area contributed by atoms with E-state index in [1.807, 2.05) is 31.2 Å². The van der Waals surface area contributed by atoms with Gasteiger partial charge >= 0.3 is 5.97 Å². The molecular weight excluding hydrogens is 426 g/mol. The smallest absolute Gasteiger partial charge is 0.323 e. The number of anilines is 1. The van der Waals surface area contributed by atoms with Crippen LogP contribution in [0.2, 0.25) is 0 Å². The molecule has 0 aromatic heterocycles. The highest BCUT2D eigenvalue weighted by Crippen LogP contribution is 2.50. The summed E-state index contributed by atoms with van der Waals surface area (Å²) in [6, 6.07) is 7.93. The first-order chi connectivity index (χ1) is 13.9. The third-order valence-corrected chi connectivity index (χ3v) is 7.35. The minimum absolute atomic E-state index is 0.294. The fraction of sp³-hybridized carbons (Fsp3) is 0.450. The lowest BCUT2D eigenvalue weighted by Crippen LogP contribution is -2.33. The maximum Gasteiger partial charge on any atom is 0.323 e. The highest BCUT2D eigenvalue weighted by atomic mass is 32.2. The number of hydrogen-bond acceptors (Lipinski definition) is 7. The standard InChI is InChI=1S/C14H12N2O3S3.C6H15N/c1-2-15-8-5-3-4-6-9(8)21-13(15)11-12(19)16(7-10(17)18)14(20)22-11;1-4-7(5-2)6-3/h3-6H,2,7H2,1H3,(H,17,18);4-6H2,1-3H3. The van der Waals surface area contributed by atoms with Gasteiger partial charge in [0.15, 0.2) is 0 Å². The van der Waals surface area contributed by atoms with Crippen molar-refractivity contribution >= 4 is 57.6 Å². The first-order valence-electron chi connectivity index (χ1n) is 9.64. The number of amides is 1. The van der Waals surface area contributed by atoms with Crippen molar-refractivity contribution in [3.8, 4) is 0 Å². The van der Waals surface area contributed by atoms with Gasteiger partial charge in [-0.1, -0.05) is 68.6 Å². The van der Waals surface area contributed by atoms with E-state index >= 15 is 0 Å². The molecule has 1 N–H and O–H groups in total. The van der Waals surface area contributed by atoms with Crippen molar-refractivity contribution in [2.24, 2.45) is 0 Å². The van der Waals surface area contributed by atoms with Crippen molar-refractivity contribution in [1.29, 1.82) is 0 Å². The summed E-state index contributed by atoms with van der Waals surface area (Å²) in [5.41, 5.74) is 1.06. The number of nitrogens with zero attached hydrogens (tertiary/aromatic N) is 3. The lowest BCUT2D eigenvalue weighted by atomic mass is 10.3. The minimum atomic E-state index is -1.07. The molecule has 1 aromatic rings. The Hall–Kier alpha value is -1.55. The Morgan fingerprint density at radius 3 is 2.21 bits per heavy atom. The van der Waals surface area contributed by atoms with Gasteiger partial charge < -0.3 is 14.9 Å². The molecule has 0 bridgehead atoms. The molecule has 3 rings (SSSR count). The second kappa shape index (κ2) is 11.0. The lowest BCUT2D eigenvalue weighted by molar-refractivity contribution is -0.140. The van der Waals surface area contributed by atoms with E-state index in [0.717, 1.165) is 27.1 Å². The number of aliphatic carboxylic acids is 1. The quantitative estimate of drug-likeness (QED) is 0.511. The number of thiocarbonyl (C=S) groups is 1. The molecule has 2 aliphatic rings. The molecule has 6 nitrogen and oxygen atoms in total. The van der Waals surface area contributed by atoms with E-state index in [1.165, 1.54) is 43.2 Å². The number of hydrogen-bond donors (Lipinski definition) is 1. The zero-order valence-electron chi connectivity index (χ0n) is 17.2. The normalized spacial score (nSPS) is 18.2. The highest BCUT2D eigenvalue weighted by molar-refractivity contribution is 8.27. The van der Waals surface area contributed by atoms with Crippen LogP contribution in [0.3, 0.4) is 0 Å². The number of benzene rings is 1. The molecule has 0 radical (unpaired) electrons. The summed E-state index contributed by atoms with van der Waals surface area (Å²) in [7, 11) is 0. The van der Waals surface area contributed by atoms with E-state index < -0.39 is 12.5 Å². The molecule has 158 valence electrons. The van der Waals surface area contributed by atoms with Crippen molar-refractivity contribution in [3.63, 3.8) is 0 Å². The van der Waals surface area contributed by atoms with Crippen LogP contribution in [0.25, 0.3) is 0 Å². The number of carbonyl (C=O) groups is 2. The van der Waals surface area contributed by atoms with Crippen LogP contribution in [0.5, 0.6) is 0 Å². The van der Waals surface area contributed by atoms with Gasteiger partial charge in [0, 0.05) is 11.4 Å². The summed E-state index contributed by atoms with van der Waals surface area (Å²) in [5.74, 6) is -1.40. The van der Waals surface area contributed by atoms with E-state index in [-0.39, 0.29) is 5.91 Å². The average Bonchev–Trinajstić information content (AvgIpc) is 3.21. The summed E-state index contributed by atoms with van der Waals surface area (Å²) in [6.07, 6.45) is 0. The zero-order chi connectivity index (χ0) is 21.6. The lowest BCUT2D eigenvalue weighted by Gasteiger charge is -2.19. The van der Waals surface area contributed by atoms with Gasteiger partial charge in [-0.3, -0.25) is 14.5 Å². The van der Waals surface area contributed by atoms with Crippen LogP contribution in [0.15, 0.2) is 39.1 Å². The molecule has 29 heavy (non-hydrogen) atoms. The van der Waals surface area contributed by atoms with Crippen molar-refractivity contribution in [3.05, 3.63) is 34.2 Å². The molecular formula is C20H27N3O3S3. The Kier molecular flexibility index (Phi) is 9.01. The molecule has 2 heterocycles. The summed E-state index contributed by atoms with van der Waals surface area (Å²) in [5, 5.41) is 9.73. The SMILES string of the molecule is CCN(CC)CC.CCN1C(=C2SC(=S)N(CC(=O)O)C2=O)Sc2ccccc21. The molecule has 1 fully saturated rings. The maximum atomic E-state index is 12.5. The minimum Gasteiger partial charge on any atom is -0.480 e. The summed E-state index contributed by atoms with van der Waals surface area (Å²) < 4.78 is 0.294. The van der Waals surface area contributed by atoms with Gasteiger partial charge in [0.25, 0.3) is 5.91 Å². The van der Waals surface area contributed by atoms with Crippen molar-refractivity contribution in [2.75, 3.05) is 37.6 Å². The predicted octanol–water partition coefficient (Wildman–Crippen LogP) is 4.08. The molecule has 1 amide bonds. The van der Waals surface area contributed by atoms with Crippen LogP contribution in [0, 0.1) is 0 Å². The van der Waals surface area contributed by atoms with E-state index in [0.29, 0.717) is 9.23 Å². The third kappa shape index (κ3) is 5.53. The zero-order valence-corrected chi connectivity index (χ0v) is 19.6. The molecule has 2 aliphatic heterocycles. The Bertz CT molecular complexity index is 804. The number of carboxylic acids is 1. The van der Waals surface area contributed by atoms with Crippen LogP contribution in [-0.4, -0.2) is 63.8 Å². The van der Waals surface area contributed by atoms with Crippen molar-refractivity contribution < 1.29 is 14.7 Å². The van der Waals surface area contributed by atoms with Crippen LogP contribution in [0.1, 0.15) is 27.7 Å². The fourth-order valence-corrected chi connectivity index (χ4v) is 5.62. The molecule has 0 aliphatic carbocycles. The Labute approximate surface area is 186 Å². The summed E-state index contributed by atoms with van der Waals surface area (Å²) in [4.78, 5) is 30.6. The molecule has 9 heteroatoms. The van der Waals surface area contributed by atoms with E-state index in [1.54, 1.807) is 0 Å². The van der Waals surface area contributed by atoms with Crippen LogP contribution >= 0.6 is 35.7 Å². The van der Waals surface area contributed by atoms with Crippen molar-refractivity contribution in [1.82, 2.24) is 9.80 Å². The molecule has 1 aromatic carbocycles. The van der Waals surface area contributed by atoms with E-state index in [9.17, 15) is 9.59 Å². The van der Waals surface area contributed by atoms with Gasteiger partial charge in [0.05, 0.1) is 5.69 Å². The second-order valence-electron chi connectivity index (χ2n) is 6.22. The fourth-order valence-electron chi connectivity index (χ4n) is 2.99. The average molecular weight is 454 g/mol. The molecule has 0 atom stereocenters. The molecule has 0 unspecified atom stereocenters. The van der Waals surface area contributed by atoms with Gasteiger partial charge in [0.1, 0.15) is 20.8 Å². The number of rotatable bonds is 6. The topological polar surface area (TPSA) is 64.1 Å². The Balaban J connectivity index is 0.000000370. The first-order valence-corrected chi connectivity index (χ1v) is 11.7. The first kappa shape index (κ1) is 23.7. The van der Waals surface area contributed by atoms with Gasteiger partial charge in [0.2, 0.25) is 0 Å². The molecule has 0 saturated carbocycles. The van der Waals surface area contributed by atoms with Gasteiger partial charge in [-0.15, -0.1) is 0 Å². The van der Waals surface area contributed by atoms with E-state index in [4.69, 9.17) is 17.3 Å².